The maximum atomic E-state index is 10.8. The van der Waals surface area contributed by atoms with Crippen molar-refractivity contribution in [3.05, 3.63) is 46.3 Å². The first-order valence-electron chi connectivity index (χ1n) is 6.26. The van der Waals surface area contributed by atoms with Gasteiger partial charge in [0.25, 0.3) is 0 Å². The number of rotatable bonds is 6. The molecule has 2 rings (SSSR count). The van der Waals surface area contributed by atoms with Crippen molar-refractivity contribution in [1.29, 1.82) is 0 Å². The number of ether oxygens (including phenoxy) is 2. The van der Waals surface area contributed by atoms with E-state index < -0.39 is 0 Å². The Balaban J connectivity index is 2.08. The summed E-state index contributed by atoms with van der Waals surface area (Å²) in [6, 6.07) is 5.40. The Bertz CT molecular complexity index is 581. The fourth-order valence-corrected chi connectivity index (χ4v) is 2.06. The lowest BCUT2D eigenvalue weighted by Crippen LogP contribution is -2.00. The molecule has 0 bridgehead atoms. The van der Waals surface area contributed by atoms with E-state index in [1.54, 1.807) is 25.3 Å². The predicted octanol–water partition coefficient (Wildman–Crippen LogP) is 2.83. The molecule has 1 aromatic carbocycles. The van der Waals surface area contributed by atoms with Crippen LogP contribution < -0.4 is 4.74 Å². The summed E-state index contributed by atoms with van der Waals surface area (Å²) in [4.78, 5) is 10.8. The normalized spacial score (nSPS) is 10.6. The molecule has 0 amide bonds. The molecule has 0 unspecified atom stereocenters. The van der Waals surface area contributed by atoms with Crippen LogP contribution in [0.25, 0.3) is 0 Å². The lowest BCUT2D eigenvalue weighted by molar-refractivity contribution is 0.112. The van der Waals surface area contributed by atoms with Gasteiger partial charge in [-0.3, -0.25) is 4.79 Å². The lowest BCUT2D eigenvalue weighted by atomic mass is 10.1. The van der Waals surface area contributed by atoms with Crippen molar-refractivity contribution in [3.8, 4) is 5.75 Å². The van der Waals surface area contributed by atoms with Crippen LogP contribution in [0.4, 0.5) is 0 Å². The first kappa shape index (κ1) is 14.3. The van der Waals surface area contributed by atoms with Gasteiger partial charge in [-0.05, 0) is 37.1 Å². The van der Waals surface area contributed by atoms with Gasteiger partial charge in [-0.25, -0.2) is 0 Å². The minimum absolute atomic E-state index is 0.315. The second-order valence-electron chi connectivity index (χ2n) is 4.61. The highest BCUT2D eigenvalue weighted by molar-refractivity contribution is 5.76. The standard InChI is InChI=1S/C15H17NO4/c1-10-4-12(7-17)5-11(2)15(10)19-8-13-6-14(9-18-3)20-16-13/h4-7H,8-9H2,1-3H3. The average molecular weight is 275 g/mol. The molecule has 106 valence electrons. The van der Waals surface area contributed by atoms with Crippen LogP contribution in [0.1, 0.15) is 32.9 Å². The van der Waals surface area contributed by atoms with E-state index in [4.69, 9.17) is 14.0 Å². The van der Waals surface area contributed by atoms with Crippen LogP contribution in [-0.4, -0.2) is 18.6 Å². The molecule has 0 saturated carbocycles. The van der Waals surface area contributed by atoms with Crippen molar-refractivity contribution in [2.75, 3.05) is 7.11 Å². The first-order valence-corrected chi connectivity index (χ1v) is 6.26. The van der Waals surface area contributed by atoms with Gasteiger partial charge in [-0.2, -0.15) is 0 Å². The monoisotopic (exact) mass is 275 g/mol. The van der Waals surface area contributed by atoms with E-state index in [0.29, 0.717) is 30.2 Å². The van der Waals surface area contributed by atoms with Gasteiger partial charge >= 0.3 is 0 Å². The second-order valence-corrected chi connectivity index (χ2v) is 4.61. The molecule has 1 heterocycles. The molecule has 20 heavy (non-hydrogen) atoms. The number of carbonyl (C=O) groups excluding carboxylic acids is 1. The van der Waals surface area contributed by atoms with Gasteiger partial charge in [0, 0.05) is 18.7 Å². The number of hydrogen-bond donors (Lipinski definition) is 0. The van der Waals surface area contributed by atoms with Gasteiger partial charge in [-0.15, -0.1) is 0 Å². The van der Waals surface area contributed by atoms with E-state index in [1.807, 2.05) is 13.8 Å². The molecule has 0 N–H and O–H groups in total. The fraction of sp³-hybridized carbons (Fsp3) is 0.333. The third kappa shape index (κ3) is 3.24. The molecule has 1 aromatic heterocycles. The number of hydrogen-bond acceptors (Lipinski definition) is 5. The maximum Gasteiger partial charge on any atom is 0.162 e. The third-order valence-electron chi connectivity index (χ3n) is 2.88. The summed E-state index contributed by atoms with van der Waals surface area (Å²) in [5.41, 5.74) is 3.20. The molecule has 0 atom stereocenters. The number of aromatic nitrogens is 1. The summed E-state index contributed by atoms with van der Waals surface area (Å²) in [7, 11) is 1.60. The zero-order chi connectivity index (χ0) is 14.5. The molecule has 0 saturated heterocycles. The Labute approximate surface area is 117 Å². The number of carbonyl (C=O) groups is 1. The third-order valence-corrected chi connectivity index (χ3v) is 2.88. The zero-order valence-electron chi connectivity index (χ0n) is 11.8. The van der Waals surface area contributed by atoms with Gasteiger partial charge in [-0.1, -0.05) is 5.16 Å². The minimum atomic E-state index is 0.315. The molecular formula is C15H17NO4. The Kier molecular flexibility index (Phi) is 4.53. The molecule has 5 nitrogen and oxygen atoms in total. The highest BCUT2D eigenvalue weighted by atomic mass is 16.5. The molecule has 0 fully saturated rings. The van der Waals surface area contributed by atoms with E-state index in [2.05, 4.69) is 5.16 Å². The van der Waals surface area contributed by atoms with Gasteiger partial charge < -0.3 is 14.0 Å². The lowest BCUT2D eigenvalue weighted by Gasteiger charge is -2.11. The predicted molar refractivity (Wildman–Crippen MR) is 72.9 cm³/mol. The van der Waals surface area contributed by atoms with E-state index in [-0.39, 0.29) is 0 Å². The minimum Gasteiger partial charge on any atom is -0.487 e. The van der Waals surface area contributed by atoms with Gasteiger partial charge in [0.1, 0.15) is 30.9 Å². The molecule has 0 aliphatic carbocycles. The van der Waals surface area contributed by atoms with Crippen LogP contribution >= 0.6 is 0 Å². The van der Waals surface area contributed by atoms with Crippen LogP contribution in [0, 0.1) is 13.8 Å². The SMILES string of the molecule is COCc1cc(COc2c(C)cc(C=O)cc2C)no1. The van der Waals surface area contributed by atoms with Crippen LogP contribution in [0.3, 0.4) is 0 Å². The molecule has 0 spiro atoms. The molecular weight excluding hydrogens is 258 g/mol. The first-order chi connectivity index (χ1) is 9.63. The number of nitrogens with zero attached hydrogens (tertiary/aromatic N) is 1. The summed E-state index contributed by atoms with van der Waals surface area (Å²) in [5, 5.41) is 3.91. The van der Waals surface area contributed by atoms with E-state index in [1.165, 1.54) is 0 Å². The second kappa shape index (κ2) is 6.34. The highest BCUT2D eigenvalue weighted by Crippen LogP contribution is 2.25. The number of aldehydes is 1. The Hall–Kier alpha value is -2.14. The summed E-state index contributed by atoms with van der Waals surface area (Å²) < 4.78 is 15.8. The highest BCUT2D eigenvalue weighted by Gasteiger charge is 2.09. The van der Waals surface area contributed by atoms with Crippen molar-refractivity contribution < 1.29 is 18.8 Å². The zero-order valence-corrected chi connectivity index (χ0v) is 11.8. The molecule has 0 radical (unpaired) electrons. The van der Waals surface area contributed by atoms with Crippen molar-refractivity contribution in [2.24, 2.45) is 0 Å². The Morgan fingerprint density at radius 1 is 1.20 bits per heavy atom. The Morgan fingerprint density at radius 3 is 2.50 bits per heavy atom. The summed E-state index contributed by atoms with van der Waals surface area (Å²) in [6.07, 6.45) is 0.832. The van der Waals surface area contributed by atoms with Crippen LogP contribution in [-0.2, 0) is 18.0 Å². The topological polar surface area (TPSA) is 61.6 Å². The fourth-order valence-electron chi connectivity index (χ4n) is 2.06. The largest absolute Gasteiger partial charge is 0.487 e. The van der Waals surface area contributed by atoms with Gasteiger partial charge in [0.15, 0.2) is 5.76 Å². The summed E-state index contributed by atoms with van der Waals surface area (Å²) >= 11 is 0. The van der Waals surface area contributed by atoms with Crippen LogP contribution in [0.2, 0.25) is 0 Å². The quantitative estimate of drug-likeness (QED) is 0.759. The summed E-state index contributed by atoms with van der Waals surface area (Å²) in [6.45, 7) is 4.53. The van der Waals surface area contributed by atoms with Crippen molar-refractivity contribution in [1.82, 2.24) is 5.16 Å². The Morgan fingerprint density at radius 2 is 1.90 bits per heavy atom. The van der Waals surface area contributed by atoms with Crippen molar-refractivity contribution >= 4 is 6.29 Å². The molecule has 0 aliphatic heterocycles. The van der Waals surface area contributed by atoms with E-state index in [9.17, 15) is 4.79 Å². The summed E-state index contributed by atoms with van der Waals surface area (Å²) in [5.74, 6) is 1.43. The molecule has 0 aliphatic rings. The average Bonchev–Trinajstić information content (AvgIpc) is 2.85. The smallest absolute Gasteiger partial charge is 0.162 e. The van der Waals surface area contributed by atoms with Crippen LogP contribution in [0.5, 0.6) is 5.75 Å². The number of methoxy groups -OCH3 is 1. The maximum absolute atomic E-state index is 10.8. The van der Waals surface area contributed by atoms with Gasteiger partial charge in [0.05, 0.1) is 0 Å². The number of benzene rings is 1. The van der Waals surface area contributed by atoms with Crippen molar-refractivity contribution in [3.63, 3.8) is 0 Å². The van der Waals surface area contributed by atoms with E-state index in [0.717, 1.165) is 23.2 Å². The van der Waals surface area contributed by atoms with E-state index >= 15 is 0 Å². The molecule has 5 heteroatoms. The molecule has 2 aromatic rings. The van der Waals surface area contributed by atoms with Crippen LogP contribution in [0.15, 0.2) is 22.7 Å². The number of aryl methyl sites for hydroxylation is 2. The van der Waals surface area contributed by atoms with Crippen molar-refractivity contribution in [2.45, 2.75) is 27.1 Å². The van der Waals surface area contributed by atoms with Gasteiger partial charge in [0.2, 0.25) is 0 Å².